The standard InChI is InChI=1S/C15H19NO3S2/c1-9(2)5-10(6-14(17)18)8-16-15(19)13-7-12-11(21-13)3-4-20-12/h3-4,7,9-10H,5-6,8H2,1-2H3,(H,16,19)(H,17,18)/t10-/m0/s1. The van der Waals surface area contributed by atoms with Crippen LogP contribution in [0.5, 0.6) is 0 Å². The zero-order valence-electron chi connectivity index (χ0n) is 12.1. The molecule has 0 unspecified atom stereocenters. The first-order chi connectivity index (χ1) is 9.95. The van der Waals surface area contributed by atoms with Crippen LogP contribution >= 0.6 is 22.7 Å². The van der Waals surface area contributed by atoms with Crippen molar-refractivity contribution >= 4 is 43.9 Å². The predicted molar refractivity (Wildman–Crippen MR) is 87.2 cm³/mol. The molecule has 114 valence electrons. The van der Waals surface area contributed by atoms with Crippen molar-refractivity contribution in [3.63, 3.8) is 0 Å². The van der Waals surface area contributed by atoms with Gasteiger partial charge in [-0.15, -0.1) is 22.7 Å². The van der Waals surface area contributed by atoms with Gasteiger partial charge in [-0.25, -0.2) is 0 Å². The molecule has 0 radical (unpaired) electrons. The summed E-state index contributed by atoms with van der Waals surface area (Å²) in [6.45, 7) is 4.53. The van der Waals surface area contributed by atoms with Crippen molar-refractivity contribution in [3.05, 3.63) is 22.4 Å². The molecule has 1 atom stereocenters. The lowest BCUT2D eigenvalue weighted by Crippen LogP contribution is -2.30. The van der Waals surface area contributed by atoms with Gasteiger partial charge >= 0.3 is 5.97 Å². The van der Waals surface area contributed by atoms with Crippen LogP contribution in [0.2, 0.25) is 0 Å². The third-order valence-electron chi connectivity index (χ3n) is 3.18. The van der Waals surface area contributed by atoms with Crippen LogP contribution in [0.15, 0.2) is 17.5 Å². The first-order valence-corrected chi connectivity index (χ1v) is 8.62. The molecule has 0 saturated carbocycles. The van der Waals surface area contributed by atoms with Gasteiger partial charge in [0.1, 0.15) is 0 Å². The molecule has 2 rings (SSSR count). The second kappa shape index (κ2) is 7.04. The van der Waals surface area contributed by atoms with Gasteiger partial charge in [-0.3, -0.25) is 9.59 Å². The Hall–Kier alpha value is -1.40. The Morgan fingerprint density at radius 3 is 2.71 bits per heavy atom. The summed E-state index contributed by atoms with van der Waals surface area (Å²) in [5.41, 5.74) is 0. The van der Waals surface area contributed by atoms with Gasteiger partial charge in [0.25, 0.3) is 5.91 Å². The van der Waals surface area contributed by atoms with Crippen LogP contribution in [0.1, 0.15) is 36.4 Å². The lowest BCUT2D eigenvalue weighted by molar-refractivity contribution is -0.138. The van der Waals surface area contributed by atoms with Crippen LogP contribution in [0, 0.1) is 11.8 Å². The van der Waals surface area contributed by atoms with Crippen molar-refractivity contribution < 1.29 is 14.7 Å². The van der Waals surface area contributed by atoms with Crippen molar-refractivity contribution in [2.75, 3.05) is 6.54 Å². The number of carbonyl (C=O) groups excluding carboxylic acids is 1. The highest BCUT2D eigenvalue weighted by molar-refractivity contribution is 7.27. The number of nitrogens with one attached hydrogen (secondary N) is 1. The molecule has 0 fully saturated rings. The minimum atomic E-state index is -0.813. The van der Waals surface area contributed by atoms with Gasteiger partial charge < -0.3 is 10.4 Å². The zero-order valence-corrected chi connectivity index (χ0v) is 13.7. The van der Waals surface area contributed by atoms with Gasteiger partial charge in [-0.2, -0.15) is 0 Å². The number of rotatable bonds is 7. The number of hydrogen-bond acceptors (Lipinski definition) is 4. The van der Waals surface area contributed by atoms with E-state index in [0.717, 1.165) is 15.8 Å². The quantitative estimate of drug-likeness (QED) is 0.813. The molecule has 0 spiro atoms. The lowest BCUT2D eigenvalue weighted by atomic mass is 9.94. The number of carboxylic acids is 1. The minimum Gasteiger partial charge on any atom is -0.481 e. The van der Waals surface area contributed by atoms with Gasteiger partial charge in [-0.1, -0.05) is 13.8 Å². The van der Waals surface area contributed by atoms with Crippen LogP contribution in [0.25, 0.3) is 9.40 Å². The molecule has 6 heteroatoms. The Labute approximate surface area is 131 Å². The lowest BCUT2D eigenvalue weighted by Gasteiger charge is -2.17. The maximum atomic E-state index is 12.1. The first-order valence-electron chi connectivity index (χ1n) is 6.92. The summed E-state index contributed by atoms with van der Waals surface area (Å²) in [6.07, 6.45) is 0.893. The smallest absolute Gasteiger partial charge is 0.303 e. The highest BCUT2D eigenvalue weighted by Crippen LogP contribution is 2.29. The molecule has 2 aromatic heterocycles. The summed E-state index contributed by atoms with van der Waals surface area (Å²) < 4.78 is 2.24. The van der Waals surface area contributed by atoms with Crippen molar-refractivity contribution in [1.82, 2.24) is 5.32 Å². The fourth-order valence-corrected chi connectivity index (χ4v) is 4.38. The molecule has 0 aliphatic heterocycles. The Bertz CT molecular complexity index is 601. The second-order valence-electron chi connectivity index (χ2n) is 5.56. The number of hydrogen-bond donors (Lipinski definition) is 2. The van der Waals surface area contributed by atoms with Gasteiger partial charge in [-0.05, 0) is 35.8 Å². The minimum absolute atomic E-state index is 0.0208. The number of thiophene rings is 2. The number of fused-ring (bicyclic) bond motifs is 1. The summed E-state index contributed by atoms with van der Waals surface area (Å²) in [5.74, 6) is -0.528. The van der Waals surface area contributed by atoms with Crippen LogP contribution in [-0.4, -0.2) is 23.5 Å². The van der Waals surface area contributed by atoms with E-state index in [1.165, 1.54) is 11.3 Å². The van der Waals surface area contributed by atoms with E-state index in [9.17, 15) is 9.59 Å². The largest absolute Gasteiger partial charge is 0.481 e. The molecular formula is C15H19NO3S2. The Morgan fingerprint density at radius 2 is 2.10 bits per heavy atom. The van der Waals surface area contributed by atoms with E-state index in [4.69, 9.17) is 5.11 Å². The average Bonchev–Trinajstić information content (AvgIpc) is 2.94. The van der Waals surface area contributed by atoms with Crippen LogP contribution in [0.3, 0.4) is 0 Å². The van der Waals surface area contributed by atoms with E-state index >= 15 is 0 Å². The molecular weight excluding hydrogens is 306 g/mol. The summed E-state index contributed by atoms with van der Waals surface area (Å²) in [4.78, 5) is 23.7. The summed E-state index contributed by atoms with van der Waals surface area (Å²) >= 11 is 3.09. The molecule has 0 aromatic carbocycles. The van der Waals surface area contributed by atoms with E-state index in [2.05, 4.69) is 19.2 Å². The third-order valence-corrected chi connectivity index (χ3v) is 5.27. The van der Waals surface area contributed by atoms with Crippen LogP contribution < -0.4 is 5.32 Å². The number of amides is 1. The fraction of sp³-hybridized carbons (Fsp3) is 0.467. The van der Waals surface area contributed by atoms with E-state index in [1.54, 1.807) is 11.3 Å². The molecule has 2 N–H and O–H groups in total. The molecule has 2 aromatic rings. The summed E-state index contributed by atoms with van der Waals surface area (Å²) in [5, 5.41) is 13.8. The molecule has 4 nitrogen and oxygen atoms in total. The highest BCUT2D eigenvalue weighted by atomic mass is 32.1. The molecule has 1 amide bonds. The molecule has 2 heterocycles. The van der Waals surface area contributed by atoms with Gasteiger partial charge in [0.15, 0.2) is 0 Å². The predicted octanol–water partition coefficient (Wildman–Crippen LogP) is 3.83. The summed E-state index contributed by atoms with van der Waals surface area (Å²) in [6, 6.07) is 3.90. The van der Waals surface area contributed by atoms with Crippen LogP contribution in [0.4, 0.5) is 0 Å². The second-order valence-corrected chi connectivity index (χ2v) is 7.59. The van der Waals surface area contributed by atoms with Gasteiger partial charge in [0.05, 0.1) is 4.88 Å². The monoisotopic (exact) mass is 325 g/mol. The molecule has 21 heavy (non-hydrogen) atoms. The first kappa shape index (κ1) is 16.0. The SMILES string of the molecule is CC(C)C[C@H](CNC(=O)c1cc2sccc2s1)CC(=O)O. The van der Waals surface area contributed by atoms with E-state index < -0.39 is 5.97 Å². The maximum absolute atomic E-state index is 12.1. The number of carboxylic acid groups (broad SMARTS) is 1. The molecule has 0 bridgehead atoms. The fourth-order valence-electron chi connectivity index (χ4n) is 2.35. The Kier molecular flexibility index (Phi) is 5.36. The van der Waals surface area contributed by atoms with Crippen molar-refractivity contribution in [3.8, 4) is 0 Å². The topological polar surface area (TPSA) is 66.4 Å². The van der Waals surface area contributed by atoms with Gasteiger partial charge in [0, 0.05) is 22.4 Å². The number of aliphatic carboxylic acids is 1. The summed E-state index contributed by atoms with van der Waals surface area (Å²) in [7, 11) is 0. The van der Waals surface area contributed by atoms with E-state index in [1.807, 2.05) is 17.5 Å². The molecule has 0 saturated heterocycles. The Morgan fingerprint density at radius 1 is 1.33 bits per heavy atom. The normalized spacial score (nSPS) is 12.7. The Balaban J connectivity index is 1.94. The number of carbonyl (C=O) groups is 2. The molecule has 0 aliphatic rings. The van der Waals surface area contributed by atoms with E-state index in [-0.39, 0.29) is 18.2 Å². The zero-order chi connectivity index (χ0) is 15.4. The average molecular weight is 325 g/mol. The third kappa shape index (κ3) is 4.54. The highest BCUT2D eigenvalue weighted by Gasteiger charge is 2.17. The van der Waals surface area contributed by atoms with Crippen molar-refractivity contribution in [2.45, 2.75) is 26.7 Å². The van der Waals surface area contributed by atoms with Crippen molar-refractivity contribution in [2.24, 2.45) is 11.8 Å². The van der Waals surface area contributed by atoms with Gasteiger partial charge in [0.2, 0.25) is 0 Å². The van der Waals surface area contributed by atoms with E-state index in [0.29, 0.717) is 17.3 Å². The maximum Gasteiger partial charge on any atom is 0.303 e. The van der Waals surface area contributed by atoms with Crippen LogP contribution in [-0.2, 0) is 4.79 Å². The molecule has 0 aliphatic carbocycles. The van der Waals surface area contributed by atoms with Crippen molar-refractivity contribution in [1.29, 1.82) is 0 Å².